The van der Waals surface area contributed by atoms with Gasteiger partial charge in [0.05, 0.1) is 0 Å². The van der Waals surface area contributed by atoms with Crippen molar-refractivity contribution in [3.05, 3.63) is 106 Å². The van der Waals surface area contributed by atoms with Gasteiger partial charge in [0.2, 0.25) is 11.8 Å². The molecule has 0 aliphatic carbocycles. The summed E-state index contributed by atoms with van der Waals surface area (Å²) in [6.07, 6.45) is 0. The summed E-state index contributed by atoms with van der Waals surface area (Å²) in [4.78, 5) is 12.8. The predicted molar refractivity (Wildman–Crippen MR) is 110 cm³/mol. The van der Waals surface area contributed by atoms with Crippen molar-refractivity contribution in [3.8, 4) is 11.5 Å². The summed E-state index contributed by atoms with van der Waals surface area (Å²) >= 11 is 3.38. The molecule has 0 unspecified atom stereocenters. The second kappa shape index (κ2) is 8.19. The Bertz CT molecular complexity index is 1060. The van der Waals surface area contributed by atoms with Gasteiger partial charge in [0.25, 0.3) is 5.91 Å². The van der Waals surface area contributed by atoms with Crippen LogP contribution in [-0.2, 0) is 0 Å². The van der Waals surface area contributed by atoms with E-state index in [2.05, 4.69) is 31.4 Å². The highest BCUT2D eigenvalue weighted by Gasteiger charge is 2.24. The van der Waals surface area contributed by atoms with Crippen LogP contribution < -0.4 is 5.32 Å². The molecule has 1 aromatic heterocycles. The van der Waals surface area contributed by atoms with Crippen LogP contribution in [0.5, 0.6) is 0 Å². The lowest BCUT2D eigenvalue weighted by atomic mass is 10.1. The average Bonchev–Trinajstić information content (AvgIpc) is 3.23. The molecular weight excluding hydrogens is 418 g/mol. The maximum atomic E-state index is 12.8. The van der Waals surface area contributed by atoms with Crippen LogP contribution in [0.15, 0.2) is 93.8 Å². The van der Waals surface area contributed by atoms with E-state index >= 15 is 0 Å². The molecule has 0 spiro atoms. The van der Waals surface area contributed by atoms with Gasteiger partial charge in [-0.3, -0.25) is 4.79 Å². The molecule has 0 bridgehead atoms. The molecule has 0 saturated heterocycles. The van der Waals surface area contributed by atoms with Crippen LogP contribution in [0.1, 0.15) is 27.9 Å². The number of carbonyl (C=O) groups excluding carboxylic acids is 1. The van der Waals surface area contributed by atoms with E-state index in [4.69, 9.17) is 4.42 Å². The van der Waals surface area contributed by atoms with Crippen molar-refractivity contribution in [2.24, 2.45) is 0 Å². The van der Waals surface area contributed by atoms with Gasteiger partial charge in [-0.15, -0.1) is 10.2 Å². The second-order valence-corrected chi connectivity index (χ2v) is 7.05. The maximum absolute atomic E-state index is 12.8. The minimum Gasteiger partial charge on any atom is -0.418 e. The van der Waals surface area contributed by atoms with Gasteiger partial charge in [-0.25, -0.2) is 0 Å². The highest BCUT2D eigenvalue weighted by molar-refractivity contribution is 9.10. The topological polar surface area (TPSA) is 68.0 Å². The number of hydrogen-bond acceptors (Lipinski definition) is 4. The lowest BCUT2D eigenvalue weighted by Gasteiger charge is -2.16. The van der Waals surface area contributed by atoms with E-state index in [-0.39, 0.29) is 5.91 Å². The van der Waals surface area contributed by atoms with Crippen LogP contribution in [0, 0.1) is 0 Å². The molecule has 1 heterocycles. The predicted octanol–water partition coefficient (Wildman–Crippen LogP) is 5.02. The van der Waals surface area contributed by atoms with Gasteiger partial charge >= 0.3 is 0 Å². The van der Waals surface area contributed by atoms with E-state index in [1.807, 2.05) is 72.8 Å². The molecule has 6 heteroatoms. The maximum Gasteiger partial charge on any atom is 0.252 e. The largest absolute Gasteiger partial charge is 0.418 e. The molecule has 0 radical (unpaired) electrons. The van der Waals surface area contributed by atoms with Crippen LogP contribution in [0.3, 0.4) is 0 Å². The number of nitrogens with one attached hydrogen (secondary N) is 1. The highest BCUT2D eigenvalue weighted by Crippen LogP contribution is 2.25. The monoisotopic (exact) mass is 433 g/mol. The Hall–Kier alpha value is -3.25. The normalized spacial score (nSPS) is 11.8. The molecule has 5 nitrogen and oxygen atoms in total. The molecule has 3 aromatic carbocycles. The smallest absolute Gasteiger partial charge is 0.252 e. The Balaban J connectivity index is 1.66. The van der Waals surface area contributed by atoms with Gasteiger partial charge in [0, 0.05) is 15.6 Å². The summed E-state index contributed by atoms with van der Waals surface area (Å²) in [5, 5.41) is 11.3. The number of benzene rings is 3. The fraction of sp³-hybridized carbons (Fsp3) is 0.0455. The third kappa shape index (κ3) is 4.02. The molecule has 4 rings (SSSR count). The van der Waals surface area contributed by atoms with Gasteiger partial charge in [-0.05, 0) is 42.0 Å². The fourth-order valence-corrected chi connectivity index (χ4v) is 3.06. The van der Waals surface area contributed by atoms with Crippen LogP contribution >= 0.6 is 15.9 Å². The zero-order chi connectivity index (χ0) is 19.3. The van der Waals surface area contributed by atoms with Crippen molar-refractivity contribution in [2.75, 3.05) is 0 Å². The van der Waals surface area contributed by atoms with Crippen LogP contribution in [-0.4, -0.2) is 16.1 Å². The summed E-state index contributed by atoms with van der Waals surface area (Å²) in [6, 6.07) is 25.7. The van der Waals surface area contributed by atoms with Gasteiger partial charge in [0.15, 0.2) is 0 Å². The molecule has 4 aromatic rings. The zero-order valence-electron chi connectivity index (χ0n) is 14.7. The first kappa shape index (κ1) is 18.1. The molecule has 138 valence electrons. The molecule has 0 aliphatic heterocycles. The van der Waals surface area contributed by atoms with E-state index in [0.717, 1.165) is 15.6 Å². The van der Waals surface area contributed by atoms with Crippen molar-refractivity contribution < 1.29 is 9.21 Å². The quantitative estimate of drug-likeness (QED) is 0.479. The Morgan fingerprint density at radius 1 is 0.857 bits per heavy atom. The van der Waals surface area contributed by atoms with Crippen LogP contribution in [0.25, 0.3) is 11.5 Å². The fourth-order valence-electron chi connectivity index (χ4n) is 2.80. The number of rotatable bonds is 5. The summed E-state index contributed by atoms with van der Waals surface area (Å²) in [7, 11) is 0. The minimum atomic E-state index is -0.553. The first-order valence-electron chi connectivity index (χ1n) is 8.71. The van der Waals surface area contributed by atoms with Crippen LogP contribution in [0.2, 0.25) is 0 Å². The number of halogens is 1. The average molecular weight is 434 g/mol. The molecule has 0 saturated carbocycles. The Morgan fingerprint density at radius 3 is 2.18 bits per heavy atom. The number of nitrogens with zero attached hydrogens (tertiary/aromatic N) is 2. The SMILES string of the molecule is O=C(N[C@@H](c1ccccc1)c1nnc(-c2ccccc2)o1)c1ccc(Br)cc1. The Kier molecular flexibility index (Phi) is 5.30. The van der Waals surface area contributed by atoms with Crippen molar-refractivity contribution in [1.82, 2.24) is 15.5 Å². The number of amides is 1. The zero-order valence-corrected chi connectivity index (χ0v) is 16.3. The van der Waals surface area contributed by atoms with Gasteiger partial charge in [-0.2, -0.15) is 0 Å². The molecule has 1 N–H and O–H groups in total. The lowest BCUT2D eigenvalue weighted by Crippen LogP contribution is -2.29. The second-order valence-electron chi connectivity index (χ2n) is 6.14. The summed E-state index contributed by atoms with van der Waals surface area (Å²) in [5.74, 6) is 0.519. The van der Waals surface area contributed by atoms with Gasteiger partial charge in [0.1, 0.15) is 6.04 Å². The number of carbonyl (C=O) groups is 1. The molecule has 1 atom stereocenters. The van der Waals surface area contributed by atoms with Gasteiger partial charge in [-0.1, -0.05) is 64.5 Å². The van der Waals surface area contributed by atoms with Crippen LogP contribution in [0.4, 0.5) is 0 Å². The Labute approximate surface area is 170 Å². The highest BCUT2D eigenvalue weighted by atomic mass is 79.9. The van der Waals surface area contributed by atoms with Gasteiger partial charge < -0.3 is 9.73 Å². The summed E-state index contributed by atoms with van der Waals surface area (Å²) < 4.78 is 6.81. The first-order valence-corrected chi connectivity index (χ1v) is 9.50. The molecular formula is C22H16BrN3O2. The molecule has 0 aliphatic rings. The van der Waals surface area contributed by atoms with E-state index in [1.165, 1.54) is 0 Å². The molecule has 28 heavy (non-hydrogen) atoms. The number of hydrogen-bond donors (Lipinski definition) is 1. The lowest BCUT2D eigenvalue weighted by molar-refractivity contribution is 0.0938. The summed E-state index contributed by atoms with van der Waals surface area (Å²) in [6.45, 7) is 0. The van der Waals surface area contributed by atoms with Crippen molar-refractivity contribution >= 4 is 21.8 Å². The molecule has 1 amide bonds. The van der Waals surface area contributed by atoms with E-state index in [0.29, 0.717) is 17.3 Å². The van der Waals surface area contributed by atoms with E-state index in [1.54, 1.807) is 12.1 Å². The summed E-state index contributed by atoms with van der Waals surface area (Å²) in [5.41, 5.74) is 2.23. The van der Waals surface area contributed by atoms with Crippen molar-refractivity contribution in [2.45, 2.75) is 6.04 Å². The van der Waals surface area contributed by atoms with E-state index < -0.39 is 6.04 Å². The minimum absolute atomic E-state index is 0.221. The number of aromatic nitrogens is 2. The van der Waals surface area contributed by atoms with E-state index in [9.17, 15) is 4.79 Å². The Morgan fingerprint density at radius 2 is 1.50 bits per heavy atom. The molecule has 0 fully saturated rings. The third-order valence-corrected chi connectivity index (χ3v) is 4.75. The van der Waals surface area contributed by atoms with Crippen molar-refractivity contribution in [3.63, 3.8) is 0 Å². The first-order chi connectivity index (χ1) is 13.7. The standard InChI is InChI=1S/C22H16BrN3O2/c23-18-13-11-16(12-14-18)20(27)24-19(15-7-3-1-4-8-15)22-26-25-21(28-22)17-9-5-2-6-10-17/h1-14,19H,(H,24,27)/t19-/m0/s1. The van der Waals surface area contributed by atoms with Crippen molar-refractivity contribution in [1.29, 1.82) is 0 Å². The third-order valence-electron chi connectivity index (χ3n) is 4.22.